The van der Waals surface area contributed by atoms with E-state index in [0.717, 1.165) is 24.1 Å². The SMILES string of the molecule is CC(C)OCC(=O)N(Cc1ccccc1N)C1CC1. The molecule has 0 heterocycles. The van der Waals surface area contributed by atoms with Crippen molar-refractivity contribution in [3.05, 3.63) is 29.8 Å². The average molecular weight is 262 g/mol. The Bertz CT molecular complexity index is 442. The molecule has 0 spiro atoms. The molecule has 1 saturated carbocycles. The van der Waals surface area contributed by atoms with Gasteiger partial charge >= 0.3 is 0 Å². The molecule has 4 heteroatoms. The second-order valence-corrected chi connectivity index (χ2v) is 5.31. The number of anilines is 1. The van der Waals surface area contributed by atoms with Gasteiger partial charge in [-0.15, -0.1) is 0 Å². The molecule has 2 N–H and O–H groups in total. The van der Waals surface area contributed by atoms with Crippen LogP contribution in [-0.4, -0.2) is 29.6 Å². The minimum Gasteiger partial charge on any atom is -0.398 e. The number of ether oxygens (including phenoxy) is 1. The number of hydrogen-bond donors (Lipinski definition) is 1. The van der Waals surface area contributed by atoms with Crippen LogP contribution in [-0.2, 0) is 16.1 Å². The summed E-state index contributed by atoms with van der Waals surface area (Å²) in [7, 11) is 0. The molecule has 0 saturated heterocycles. The quantitative estimate of drug-likeness (QED) is 0.799. The van der Waals surface area contributed by atoms with Crippen molar-refractivity contribution < 1.29 is 9.53 Å². The first-order valence-corrected chi connectivity index (χ1v) is 6.82. The highest BCUT2D eigenvalue weighted by molar-refractivity contribution is 5.78. The van der Waals surface area contributed by atoms with Crippen LogP contribution in [0.4, 0.5) is 5.69 Å². The average Bonchev–Trinajstić information content (AvgIpc) is 3.19. The lowest BCUT2D eigenvalue weighted by Crippen LogP contribution is -2.36. The van der Waals surface area contributed by atoms with Crippen LogP contribution in [0, 0.1) is 0 Å². The van der Waals surface area contributed by atoms with Crippen LogP contribution in [0.3, 0.4) is 0 Å². The Kier molecular flexibility index (Phi) is 4.43. The molecule has 1 fully saturated rings. The fraction of sp³-hybridized carbons (Fsp3) is 0.533. The fourth-order valence-electron chi connectivity index (χ4n) is 1.99. The van der Waals surface area contributed by atoms with E-state index >= 15 is 0 Å². The Morgan fingerprint density at radius 1 is 1.42 bits per heavy atom. The van der Waals surface area contributed by atoms with Crippen molar-refractivity contribution in [2.75, 3.05) is 12.3 Å². The number of rotatable bonds is 6. The van der Waals surface area contributed by atoms with Gasteiger partial charge in [0, 0.05) is 18.3 Å². The molecule has 0 bridgehead atoms. The van der Waals surface area contributed by atoms with Crippen molar-refractivity contribution in [2.24, 2.45) is 0 Å². The van der Waals surface area contributed by atoms with Crippen LogP contribution >= 0.6 is 0 Å². The molecule has 1 aliphatic rings. The monoisotopic (exact) mass is 262 g/mol. The van der Waals surface area contributed by atoms with E-state index in [-0.39, 0.29) is 18.6 Å². The lowest BCUT2D eigenvalue weighted by molar-refractivity contribution is -0.138. The number of nitrogen functional groups attached to an aromatic ring is 1. The summed E-state index contributed by atoms with van der Waals surface area (Å²) in [6.45, 7) is 4.60. The van der Waals surface area contributed by atoms with Crippen molar-refractivity contribution in [3.63, 3.8) is 0 Å². The second-order valence-electron chi connectivity index (χ2n) is 5.31. The highest BCUT2D eigenvalue weighted by Gasteiger charge is 2.32. The van der Waals surface area contributed by atoms with Crippen molar-refractivity contribution in [1.82, 2.24) is 4.90 Å². The molecule has 0 unspecified atom stereocenters. The van der Waals surface area contributed by atoms with Gasteiger partial charge in [0.1, 0.15) is 6.61 Å². The van der Waals surface area contributed by atoms with E-state index in [0.29, 0.717) is 12.6 Å². The van der Waals surface area contributed by atoms with Crippen molar-refractivity contribution in [1.29, 1.82) is 0 Å². The third kappa shape index (κ3) is 3.96. The van der Waals surface area contributed by atoms with E-state index in [4.69, 9.17) is 10.5 Å². The maximum Gasteiger partial charge on any atom is 0.249 e. The molecule has 2 rings (SSSR count). The van der Waals surface area contributed by atoms with Crippen LogP contribution in [0.25, 0.3) is 0 Å². The molecule has 0 atom stereocenters. The maximum absolute atomic E-state index is 12.2. The topological polar surface area (TPSA) is 55.6 Å². The van der Waals surface area contributed by atoms with Gasteiger partial charge in [-0.3, -0.25) is 4.79 Å². The molecule has 0 radical (unpaired) electrons. The van der Waals surface area contributed by atoms with Crippen LogP contribution < -0.4 is 5.73 Å². The molecule has 1 aromatic carbocycles. The smallest absolute Gasteiger partial charge is 0.249 e. The summed E-state index contributed by atoms with van der Waals surface area (Å²) in [5, 5.41) is 0. The number of hydrogen-bond acceptors (Lipinski definition) is 3. The van der Waals surface area contributed by atoms with E-state index < -0.39 is 0 Å². The van der Waals surface area contributed by atoms with E-state index in [1.165, 1.54) is 0 Å². The third-order valence-corrected chi connectivity index (χ3v) is 3.24. The van der Waals surface area contributed by atoms with Gasteiger partial charge in [0.25, 0.3) is 0 Å². The van der Waals surface area contributed by atoms with Crippen molar-refractivity contribution in [2.45, 2.75) is 45.4 Å². The van der Waals surface area contributed by atoms with E-state index in [2.05, 4.69) is 0 Å². The van der Waals surface area contributed by atoms with E-state index in [9.17, 15) is 4.79 Å². The van der Waals surface area contributed by atoms with Crippen LogP contribution in [0.1, 0.15) is 32.3 Å². The summed E-state index contributed by atoms with van der Waals surface area (Å²) in [5.41, 5.74) is 7.69. The minimum atomic E-state index is 0.0550. The van der Waals surface area contributed by atoms with Crippen LogP contribution in [0.5, 0.6) is 0 Å². The van der Waals surface area contributed by atoms with E-state index in [1.54, 1.807) is 0 Å². The first kappa shape index (κ1) is 13.9. The lowest BCUT2D eigenvalue weighted by Gasteiger charge is -2.23. The normalized spacial score (nSPS) is 14.7. The fourth-order valence-corrected chi connectivity index (χ4v) is 1.99. The zero-order valence-electron chi connectivity index (χ0n) is 11.6. The van der Waals surface area contributed by atoms with Gasteiger partial charge in [0.15, 0.2) is 0 Å². The number of carbonyl (C=O) groups excluding carboxylic acids is 1. The molecule has 1 aliphatic carbocycles. The molecule has 0 aliphatic heterocycles. The Balaban J connectivity index is 2.00. The van der Waals surface area contributed by atoms with Crippen molar-refractivity contribution >= 4 is 11.6 Å². The number of nitrogens with zero attached hydrogens (tertiary/aromatic N) is 1. The van der Waals surface area contributed by atoms with Crippen molar-refractivity contribution in [3.8, 4) is 0 Å². The largest absolute Gasteiger partial charge is 0.398 e. The molecule has 19 heavy (non-hydrogen) atoms. The van der Waals surface area contributed by atoms with Gasteiger partial charge in [0.05, 0.1) is 6.10 Å². The van der Waals surface area contributed by atoms with Gasteiger partial charge in [0.2, 0.25) is 5.91 Å². The first-order chi connectivity index (χ1) is 9.08. The van der Waals surface area contributed by atoms with Gasteiger partial charge in [-0.25, -0.2) is 0 Å². The number of carbonyl (C=O) groups is 1. The summed E-state index contributed by atoms with van der Waals surface area (Å²) in [5.74, 6) is 0.0550. The molecule has 104 valence electrons. The lowest BCUT2D eigenvalue weighted by atomic mass is 10.1. The van der Waals surface area contributed by atoms with E-state index in [1.807, 2.05) is 43.0 Å². The van der Waals surface area contributed by atoms with Gasteiger partial charge in [-0.05, 0) is 38.3 Å². The van der Waals surface area contributed by atoms with Gasteiger partial charge in [-0.1, -0.05) is 18.2 Å². The van der Waals surface area contributed by atoms with Crippen LogP contribution in [0.15, 0.2) is 24.3 Å². The number of para-hydroxylation sites is 1. The number of nitrogens with two attached hydrogens (primary N) is 1. The zero-order valence-corrected chi connectivity index (χ0v) is 11.6. The third-order valence-electron chi connectivity index (χ3n) is 3.24. The van der Waals surface area contributed by atoms with Gasteiger partial charge in [-0.2, -0.15) is 0 Å². The second kappa shape index (κ2) is 6.06. The highest BCUT2D eigenvalue weighted by Crippen LogP contribution is 2.29. The summed E-state index contributed by atoms with van der Waals surface area (Å²) in [6, 6.07) is 8.06. The summed E-state index contributed by atoms with van der Waals surface area (Å²) in [4.78, 5) is 14.1. The molecule has 0 aromatic heterocycles. The molecule has 1 amide bonds. The van der Waals surface area contributed by atoms with Gasteiger partial charge < -0.3 is 15.4 Å². The molecular formula is C15H22N2O2. The first-order valence-electron chi connectivity index (χ1n) is 6.82. The predicted molar refractivity (Wildman–Crippen MR) is 75.5 cm³/mol. The predicted octanol–water partition coefficient (Wildman–Crippen LogP) is 2.18. The van der Waals surface area contributed by atoms with Crippen LogP contribution in [0.2, 0.25) is 0 Å². The summed E-state index contributed by atoms with van der Waals surface area (Å²) < 4.78 is 5.41. The molecule has 4 nitrogen and oxygen atoms in total. The Hall–Kier alpha value is -1.55. The Labute approximate surface area is 114 Å². The Morgan fingerprint density at radius 3 is 2.68 bits per heavy atom. The standard InChI is InChI=1S/C15H22N2O2/c1-11(2)19-10-15(18)17(13-7-8-13)9-12-5-3-4-6-14(12)16/h3-6,11,13H,7-10,16H2,1-2H3. The summed E-state index contributed by atoms with van der Waals surface area (Å²) in [6.07, 6.45) is 2.24. The highest BCUT2D eigenvalue weighted by atomic mass is 16.5. The molecular weight excluding hydrogens is 240 g/mol. The summed E-state index contributed by atoms with van der Waals surface area (Å²) >= 11 is 0. The zero-order chi connectivity index (χ0) is 13.8. The number of amides is 1. The molecule has 1 aromatic rings. The number of benzene rings is 1. The maximum atomic E-state index is 12.2. The Morgan fingerprint density at radius 2 is 2.11 bits per heavy atom. The minimum absolute atomic E-state index is 0.0550.